The second-order valence-corrected chi connectivity index (χ2v) is 23.4. The monoisotopic (exact) mass is 406 g/mol. The van der Waals surface area contributed by atoms with E-state index >= 15 is 0 Å². The quantitative estimate of drug-likeness (QED) is 0.565. The molecule has 0 amide bonds. The Balaban J connectivity index is 2.47. The predicted octanol–water partition coefficient (Wildman–Crippen LogP) is 5.76. The van der Waals surface area contributed by atoms with Gasteiger partial charge in [0.05, 0.1) is 0 Å². The van der Waals surface area contributed by atoms with Crippen molar-refractivity contribution in [2.45, 2.75) is 66.5 Å². The molecule has 0 bridgehead atoms. The van der Waals surface area contributed by atoms with Crippen LogP contribution in [0, 0.1) is 6.92 Å². The summed E-state index contributed by atoms with van der Waals surface area (Å²) in [5, 5.41) is 3.14. The third-order valence-corrected chi connectivity index (χ3v) is 12.8. The summed E-state index contributed by atoms with van der Waals surface area (Å²) in [7, 11) is -2.65. The van der Waals surface area contributed by atoms with Crippen LogP contribution in [0.3, 0.4) is 0 Å². The van der Waals surface area contributed by atoms with E-state index in [0.29, 0.717) is 0 Å². The molecule has 0 aliphatic heterocycles. The summed E-state index contributed by atoms with van der Waals surface area (Å²) in [4.78, 5) is 0. The molecule has 0 fully saturated rings. The van der Waals surface area contributed by atoms with E-state index in [1.54, 1.807) is 9.07 Å². The van der Waals surface area contributed by atoms with E-state index < -0.39 is 33.9 Å². The molecule has 0 N–H and O–H groups in total. The molecular weight excluding hydrogens is 372 g/mol. The molecule has 0 atom stereocenters. The molecule has 2 rings (SSSR count). The molecule has 0 spiro atoms. The molecule has 0 unspecified atom stereocenters. The molecule has 0 saturated carbocycles. The van der Waals surface area contributed by atoms with E-state index in [9.17, 15) is 0 Å². The normalized spacial score (nSPS) is 14.9. The summed E-state index contributed by atoms with van der Waals surface area (Å²) in [6.45, 7) is 21.3. The number of aryl methyl sites for hydroxylation is 1. The van der Waals surface area contributed by atoms with Crippen molar-refractivity contribution >= 4 is 25.1 Å². The standard InChI is InChI=1S/C10H16OSi.C8H13Si.C3H6.Ti/c1-8-5-9(11)7-10(6-8)12(2,3)4;1-9(2,3)8-6-4-5-7-8;1-3-2;/h5-7,11H,1-4H3;4,6H,5H2,1-3H3;1-2H3;/q;;;+1/p-1. The first kappa shape index (κ1) is 20.8. The molecule has 0 aromatic heterocycles. The fourth-order valence-corrected chi connectivity index (χ4v) is 11.3. The van der Waals surface area contributed by atoms with Crippen LogP contribution in [0.4, 0.5) is 0 Å². The first-order valence-electron chi connectivity index (χ1n) is 9.27. The second-order valence-electron chi connectivity index (χ2n) is 9.46. The van der Waals surface area contributed by atoms with Crippen LogP contribution >= 0.6 is 0 Å². The number of rotatable bonds is 5. The Morgan fingerprint density at radius 3 is 2.12 bits per heavy atom. The molecule has 1 nitrogen and oxygen atoms in total. The molecule has 25 heavy (non-hydrogen) atoms. The van der Waals surface area contributed by atoms with Gasteiger partial charge in [0.25, 0.3) is 0 Å². The molecule has 4 heteroatoms. The van der Waals surface area contributed by atoms with Crippen LogP contribution in [0.5, 0.6) is 5.75 Å². The number of hydrogen-bond acceptors (Lipinski definition) is 1. The van der Waals surface area contributed by atoms with Crippen LogP contribution in [0.2, 0.25) is 39.3 Å². The van der Waals surface area contributed by atoms with Gasteiger partial charge < -0.3 is 0 Å². The van der Waals surface area contributed by atoms with E-state index in [4.69, 9.17) is 3.32 Å². The van der Waals surface area contributed by atoms with Crippen molar-refractivity contribution < 1.29 is 21.1 Å². The van der Waals surface area contributed by atoms with E-state index in [0.717, 1.165) is 12.2 Å². The van der Waals surface area contributed by atoms with Gasteiger partial charge in [-0.25, -0.2) is 0 Å². The van der Waals surface area contributed by atoms with Gasteiger partial charge in [-0.3, -0.25) is 0 Å². The van der Waals surface area contributed by atoms with Crippen molar-refractivity contribution in [2.24, 2.45) is 0 Å². The molecule has 0 saturated heterocycles. The van der Waals surface area contributed by atoms with Gasteiger partial charge in [0, 0.05) is 0 Å². The molecule has 1 aromatic carbocycles. The summed E-state index contributed by atoms with van der Waals surface area (Å²) < 4.78 is 9.93. The van der Waals surface area contributed by atoms with E-state index in [1.165, 1.54) is 14.6 Å². The molecular formula is C21H34OSi2Ti. The van der Waals surface area contributed by atoms with Gasteiger partial charge in [0.1, 0.15) is 0 Å². The third-order valence-electron chi connectivity index (χ3n) is 4.60. The summed E-state index contributed by atoms with van der Waals surface area (Å²) in [5.41, 5.74) is 1.32. The van der Waals surface area contributed by atoms with Gasteiger partial charge in [0.15, 0.2) is 0 Å². The number of benzene rings is 1. The van der Waals surface area contributed by atoms with E-state index in [-0.39, 0.29) is 0 Å². The zero-order valence-corrected chi connectivity index (χ0v) is 21.1. The van der Waals surface area contributed by atoms with Crippen molar-refractivity contribution in [3.63, 3.8) is 0 Å². The van der Waals surface area contributed by atoms with Crippen LogP contribution in [0.15, 0.2) is 39.4 Å². The SMILES string of the molecule is C[C](C)=[Ti]([O]c1cc(C)cc([Si](C)(C)C)c1)[C]1=C([Si](C)(C)C)C=CC1. The Labute approximate surface area is 163 Å². The summed E-state index contributed by atoms with van der Waals surface area (Å²) in [5.74, 6) is 1.10. The van der Waals surface area contributed by atoms with Crippen molar-refractivity contribution in [1.82, 2.24) is 0 Å². The first-order valence-corrected chi connectivity index (χ1v) is 18.5. The van der Waals surface area contributed by atoms with Crippen LogP contribution in [0.1, 0.15) is 25.8 Å². The summed E-state index contributed by atoms with van der Waals surface area (Å²) in [6.07, 6.45) is 5.85. The zero-order valence-electron chi connectivity index (χ0n) is 17.5. The van der Waals surface area contributed by atoms with Gasteiger partial charge in [-0.05, 0) is 0 Å². The van der Waals surface area contributed by atoms with Crippen molar-refractivity contribution in [3.05, 3.63) is 45.0 Å². The molecule has 1 aromatic rings. The second kappa shape index (κ2) is 7.64. The Hall–Kier alpha value is -0.482. The van der Waals surface area contributed by atoms with E-state index in [2.05, 4.69) is 90.4 Å². The molecule has 0 radical (unpaired) electrons. The maximum atomic E-state index is 6.78. The minimum absolute atomic E-state index is 1.10. The minimum atomic E-state index is -1.88. The zero-order chi connectivity index (χ0) is 19.0. The molecule has 136 valence electrons. The van der Waals surface area contributed by atoms with Gasteiger partial charge >= 0.3 is 163 Å². The van der Waals surface area contributed by atoms with Crippen LogP contribution in [-0.2, 0) is 17.8 Å². The fraction of sp³-hybridized carbons (Fsp3) is 0.476. The van der Waals surface area contributed by atoms with Crippen LogP contribution < -0.4 is 8.51 Å². The van der Waals surface area contributed by atoms with E-state index in [1.807, 2.05) is 0 Å². The Bertz CT molecular complexity index is 755. The van der Waals surface area contributed by atoms with Crippen molar-refractivity contribution in [2.75, 3.05) is 0 Å². The van der Waals surface area contributed by atoms with Crippen molar-refractivity contribution in [1.29, 1.82) is 0 Å². The first-order chi connectivity index (χ1) is 11.4. The molecule has 0 heterocycles. The van der Waals surface area contributed by atoms with Crippen LogP contribution in [0.25, 0.3) is 0 Å². The van der Waals surface area contributed by atoms with Gasteiger partial charge in [-0.1, -0.05) is 0 Å². The average molecular weight is 407 g/mol. The summed E-state index contributed by atoms with van der Waals surface area (Å²) in [6, 6.07) is 6.91. The van der Waals surface area contributed by atoms with Gasteiger partial charge in [-0.2, -0.15) is 0 Å². The summed E-state index contributed by atoms with van der Waals surface area (Å²) >= 11 is -1.88. The predicted molar refractivity (Wildman–Crippen MR) is 115 cm³/mol. The molecule has 1 aliphatic rings. The fourth-order valence-electron chi connectivity index (χ4n) is 3.25. The topological polar surface area (TPSA) is 9.23 Å². The van der Waals surface area contributed by atoms with Crippen LogP contribution in [-0.4, -0.2) is 20.0 Å². The molecule has 1 aliphatic carbocycles. The number of allylic oxidation sites excluding steroid dienone is 4. The van der Waals surface area contributed by atoms with Gasteiger partial charge in [0.2, 0.25) is 0 Å². The number of hydrogen-bond donors (Lipinski definition) is 0. The average Bonchev–Trinajstić information content (AvgIpc) is 2.92. The Kier molecular flexibility index (Phi) is 6.36. The third kappa shape index (κ3) is 5.26. The maximum absolute atomic E-state index is 6.78. The Morgan fingerprint density at radius 1 is 0.960 bits per heavy atom. The van der Waals surface area contributed by atoms with Crippen molar-refractivity contribution in [3.8, 4) is 5.75 Å². The Morgan fingerprint density at radius 2 is 1.60 bits per heavy atom. The van der Waals surface area contributed by atoms with Gasteiger partial charge in [-0.15, -0.1) is 0 Å².